The van der Waals surface area contributed by atoms with Crippen molar-refractivity contribution in [1.82, 2.24) is 10.2 Å². The Hall–Kier alpha value is -0.420. The van der Waals surface area contributed by atoms with E-state index in [9.17, 15) is 13.6 Å². The van der Waals surface area contributed by atoms with Crippen LogP contribution in [0.5, 0.6) is 0 Å². The van der Waals surface area contributed by atoms with Crippen LogP contribution in [0.15, 0.2) is 0 Å². The number of halogens is 3. The molecule has 1 fully saturated rings. The minimum absolute atomic E-state index is 0.293. The number of carbonyl (C=O) groups excluding carboxylic acids is 1. The van der Waals surface area contributed by atoms with Crippen LogP contribution in [0.4, 0.5) is 8.78 Å². The van der Waals surface area contributed by atoms with Crippen LogP contribution in [-0.2, 0) is 4.79 Å². The maximum Gasteiger partial charge on any atom is 0.399 e. The molecule has 1 amide bonds. The highest BCUT2D eigenvalue weighted by Crippen LogP contribution is 2.21. The lowest BCUT2D eigenvalue weighted by Gasteiger charge is -2.28. The molecule has 1 aliphatic heterocycles. The van der Waals surface area contributed by atoms with Gasteiger partial charge < -0.3 is 10.2 Å². The Balaban J connectivity index is 2.51. The molecule has 0 atom stereocenters. The summed E-state index contributed by atoms with van der Waals surface area (Å²) in [4.78, 5) is 11.9. The number of carbonyl (C=O) groups is 1. The Bertz CT molecular complexity index is 177. The molecule has 0 unspecified atom stereocenters. The Morgan fingerprint density at radius 3 is 2.33 bits per heavy atom. The standard InChI is InChI=1S/C6H9ClF2N2O/c7-6(8,9)5(12)11-3-1-10-2-4-11/h10H,1-4H2. The van der Waals surface area contributed by atoms with Crippen molar-refractivity contribution in [3.63, 3.8) is 0 Å². The molecule has 0 aromatic carbocycles. The molecule has 1 aliphatic rings. The first-order chi connectivity index (χ1) is 5.52. The Morgan fingerprint density at radius 2 is 1.92 bits per heavy atom. The van der Waals surface area contributed by atoms with Crippen molar-refractivity contribution < 1.29 is 13.6 Å². The van der Waals surface area contributed by atoms with Crippen LogP contribution < -0.4 is 5.32 Å². The van der Waals surface area contributed by atoms with E-state index in [2.05, 4.69) is 16.9 Å². The van der Waals surface area contributed by atoms with E-state index in [1.807, 2.05) is 0 Å². The summed E-state index contributed by atoms with van der Waals surface area (Å²) in [5.74, 6) is -1.30. The molecule has 0 radical (unpaired) electrons. The monoisotopic (exact) mass is 198 g/mol. The van der Waals surface area contributed by atoms with Gasteiger partial charge in [-0.05, 0) is 11.6 Å². The number of nitrogens with zero attached hydrogens (tertiary/aromatic N) is 1. The van der Waals surface area contributed by atoms with Crippen LogP contribution in [0.1, 0.15) is 0 Å². The summed E-state index contributed by atoms with van der Waals surface area (Å²) < 4.78 is 24.5. The Kier molecular flexibility index (Phi) is 2.85. The van der Waals surface area contributed by atoms with Crippen molar-refractivity contribution in [3.05, 3.63) is 0 Å². The largest absolute Gasteiger partial charge is 0.399 e. The van der Waals surface area contributed by atoms with Crippen molar-refractivity contribution in [2.75, 3.05) is 26.2 Å². The molecule has 0 spiro atoms. The second-order valence-electron chi connectivity index (χ2n) is 2.54. The average Bonchev–Trinajstić information content (AvgIpc) is 2.03. The predicted octanol–water partition coefficient (Wildman–Crippen LogP) is 0.250. The molecule has 0 saturated carbocycles. The van der Waals surface area contributed by atoms with E-state index in [0.29, 0.717) is 26.2 Å². The van der Waals surface area contributed by atoms with Crippen molar-refractivity contribution in [2.24, 2.45) is 0 Å². The maximum absolute atomic E-state index is 12.3. The third kappa shape index (κ3) is 2.28. The summed E-state index contributed by atoms with van der Waals surface area (Å²) in [6.45, 7) is 1.67. The third-order valence-corrected chi connectivity index (χ3v) is 1.81. The fourth-order valence-corrected chi connectivity index (χ4v) is 1.17. The molecule has 70 valence electrons. The van der Waals surface area contributed by atoms with Gasteiger partial charge in [0.25, 0.3) is 0 Å². The van der Waals surface area contributed by atoms with Gasteiger partial charge in [0.2, 0.25) is 0 Å². The lowest BCUT2D eigenvalue weighted by molar-refractivity contribution is -0.147. The van der Waals surface area contributed by atoms with Crippen LogP contribution in [0.3, 0.4) is 0 Å². The van der Waals surface area contributed by atoms with Crippen LogP contribution in [0.2, 0.25) is 0 Å². The zero-order valence-electron chi connectivity index (χ0n) is 6.32. The zero-order chi connectivity index (χ0) is 9.19. The van der Waals surface area contributed by atoms with E-state index in [1.54, 1.807) is 0 Å². The molecule has 0 bridgehead atoms. The Labute approximate surface area is 73.7 Å². The second-order valence-corrected chi connectivity index (χ2v) is 3.01. The number of amides is 1. The summed E-state index contributed by atoms with van der Waals surface area (Å²) in [6.07, 6.45) is 0. The molecule has 1 saturated heterocycles. The molecule has 6 heteroatoms. The first kappa shape index (κ1) is 9.67. The summed E-state index contributed by atoms with van der Waals surface area (Å²) in [6, 6.07) is 0. The number of alkyl halides is 3. The van der Waals surface area contributed by atoms with Crippen molar-refractivity contribution in [1.29, 1.82) is 0 Å². The number of piperazine rings is 1. The SMILES string of the molecule is O=C(N1CCNCC1)C(F)(F)Cl. The van der Waals surface area contributed by atoms with E-state index >= 15 is 0 Å². The molecular formula is C6H9ClF2N2O. The molecule has 1 rings (SSSR count). The van der Waals surface area contributed by atoms with E-state index in [4.69, 9.17) is 0 Å². The van der Waals surface area contributed by atoms with Crippen molar-refractivity contribution >= 4 is 17.5 Å². The van der Waals surface area contributed by atoms with Crippen LogP contribution >= 0.6 is 11.6 Å². The topological polar surface area (TPSA) is 32.3 Å². The molecule has 12 heavy (non-hydrogen) atoms. The lowest BCUT2D eigenvalue weighted by atomic mass is 10.3. The van der Waals surface area contributed by atoms with Gasteiger partial charge in [0.05, 0.1) is 0 Å². The predicted molar refractivity (Wildman–Crippen MR) is 40.2 cm³/mol. The summed E-state index contributed by atoms with van der Waals surface area (Å²) in [7, 11) is 0. The second kappa shape index (κ2) is 3.53. The minimum Gasteiger partial charge on any atom is -0.334 e. The van der Waals surface area contributed by atoms with Gasteiger partial charge in [-0.1, -0.05) is 0 Å². The van der Waals surface area contributed by atoms with Gasteiger partial charge in [0, 0.05) is 26.2 Å². The molecule has 0 aliphatic carbocycles. The summed E-state index contributed by atoms with van der Waals surface area (Å²) >= 11 is 4.57. The van der Waals surface area contributed by atoms with E-state index < -0.39 is 11.3 Å². The van der Waals surface area contributed by atoms with Gasteiger partial charge in [-0.15, -0.1) is 0 Å². The fourth-order valence-electron chi connectivity index (χ4n) is 1.05. The smallest absolute Gasteiger partial charge is 0.334 e. The maximum atomic E-state index is 12.3. The number of nitrogens with one attached hydrogen (secondary N) is 1. The number of rotatable bonds is 1. The average molecular weight is 199 g/mol. The van der Waals surface area contributed by atoms with Gasteiger partial charge in [0.15, 0.2) is 0 Å². The summed E-state index contributed by atoms with van der Waals surface area (Å²) in [5, 5.41) is -0.813. The highest BCUT2D eigenvalue weighted by molar-refractivity contribution is 6.32. The van der Waals surface area contributed by atoms with E-state index in [0.717, 1.165) is 4.90 Å². The van der Waals surface area contributed by atoms with Gasteiger partial charge >= 0.3 is 11.3 Å². The first-order valence-corrected chi connectivity index (χ1v) is 3.96. The Morgan fingerprint density at radius 1 is 1.42 bits per heavy atom. The fraction of sp³-hybridized carbons (Fsp3) is 0.833. The molecule has 3 nitrogen and oxygen atoms in total. The van der Waals surface area contributed by atoms with Crippen molar-refractivity contribution in [2.45, 2.75) is 5.38 Å². The van der Waals surface area contributed by atoms with Gasteiger partial charge in [-0.2, -0.15) is 8.78 Å². The molecule has 0 aromatic heterocycles. The zero-order valence-corrected chi connectivity index (χ0v) is 7.07. The van der Waals surface area contributed by atoms with Crippen molar-refractivity contribution in [3.8, 4) is 0 Å². The molecular weight excluding hydrogens is 190 g/mol. The van der Waals surface area contributed by atoms with Crippen LogP contribution in [-0.4, -0.2) is 42.4 Å². The molecule has 1 N–H and O–H groups in total. The normalized spacial score (nSPS) is 19.4. The quantitative estimate of drug-likeness (QED) is 0.613. The van der Waals surface area contributed by atoms with E-state index in [1.165, 1.54) is 0 Å². The number of hydrogen-bond donors (Lipinski definition) is 1. The van der Waals surface area contributed by atoms with Gasteiger partial charge in [-0.3, -0.25) is 4.79 Å². The van der Waals surface area contributed by atoms with E-state index in [-0.39, 0.29) is 0 Å². The number of hydrogen-bond acceptors (Lipinski definition) is 2. The van der Waals surface area contributed by atoms with Gasteiger partial charge in [0.1, 0.15) is 0 Å². The first-order valence-electron chi connectivity index (χ1n) is 3.58. The van der Waals surface area contributed by atoms with Crippen LogP contribution in [0.25, 0.3) is 0 Å². The highest BCUT2D eigenvalue weighted by Gasteiger charge is 2.39. The highest BCUT2D eigenvalue weighted by atomic mass is 35.5. The van der Waals surface area contributed by atoms with Gasteiger partial charge in [-0.25, -0.2) is 0 Å². The van der Waals surface area contributed by atoms with Crippen LogP contribution in [0, 0.1) is 0 Å². The minimum atomic E-state index is -3.75. The third-order valence-electron chi connectivity index (χ3n) is 1.65. The lowest BCUT2D eigenvalue weighted by Crippen LogP contribution is -2.50. The summed E-state index contributed by atoms with van der Waals surface area (Å²) in [5.41, 5.74) is 0. The molecule has 0 aromatic rings. The molecule has 1 heterocycles.